The van der Waals surface area contributed by atoms with Crippen LogP contribution in [0.5, 0.6) is 11.8 Å². The molecule has 0 bridgehead atoms. The van der Waals surface area contributed by atoms with Crippen molar-refractivity contribution < 1.29 is 18.7 Å². The second-order valence-electron chi connectivity index (χ2n) is 7.38. The summed E-state index contributed by atoms with van der Waals surface area (Å²) in [7, 11) is 8.63. The number of carbonyl (C=O) groups is 1. The van der Waals surface area contributed by atoms with Crippen molar-refractivity contribution in [3.05, 3.63) is 18.3 Å². The smallest absolute Gasteiger partial charge is 0.231 e. The van der Waals surface area contributed by atoms with E-state index in [9.17, 15) is 9.18 Å². The number of methoxy groups -OCH3 is 2. The lowest BCUT2D eigenvalue weighted by atomic mass is 10.2. The summed E-state index contributed by atoms with van der Waals surface area (Å²) in [4.78, 5) is 27.0. The zero-order valence-corrected chi connectivity index (χ0v) is 17.4. The Bertz CT molecular complexity index is 1100. The predicted octanol–water partition coefficient (Wildman–Crippen LogP) is 2.41. The minimum Gasteiger partial charge on any atom is -0.480 e. The van der Waals surface area contributed by atoms with E-state index in [1.807, 2.05) is 31.8 Å². The first-order valence-electron chi connectivity index (χ1n) is 9.42. The van der Waals surface area contributed by atoms with Gasteiger partial charge in [0.1, 0.15) is 17.6 Å². The van der Waals surface area contributed by atoms with Crippen molar-refractivity contribution in [1.82, 2.24) is 19.5 Å². The van der Waals surface area contributed by atoms with Crippen LogP contribution in [-0.2, 0) is 11.8 Å². The molecule has 158 valence electrons. The molecule has 9 nitrogen and oxygen atoms in total. The summed E-state index contributed by atoms with van der Waals surface area (Å²) in [5.41, 5.74) is 2.20. The van der Waals surface area contributed by atoms with Gasteiger partial charge >= 0.3 is 0 Å². The summed E-state index contributed by atoms with van der Waals surface area (Å²) in [6.07, 6.45) is 0.871. The molecule has 1 aliphatic rings. The first-order chi connectivity index (χ1) is 14.3. The van der Waals surface area contributed by atoms with Gasteiger partial charge in [-0.25, -0.2) is 9.37 Å². The van der Waals surface area contributed by atoms with Crippen LogP contribution in [0, 0.1) is 5.92 Å². The highest BCUT2D eigenvalue weighted by atomic mass is 19.1. The number of alkyl halides is 1. The number of ether oxygens (including phenoxy) is 2. The lowest BCUT2D eigenvalue weighted by Gasteiger charge is -2.17. The molecular weight excluding hydrogens is 391 g/mol. The van der Waals surface area contributed by atoms with Gasteiger partial charge < -0.3 is 24.3 Å². The molecule has 0 spiro atoms. The third-order valence-electron chi connectivity index (χ3n) is 5.10. The number of aryl methyl sites for hydroxylation is 1. The molecule has 0 saturated heterocycles. The van der Waals surface area contributed by atoms with Gasteiger partial charge in [-0.05, 0) is 18.6 Å². The second-order valence-corrected chi connectivity index (χ2v) is 7.38. The molecule has 2 atom stereocenters. The lowest BCUT2D eigenvalue weighted by Crippen LogP contribution is -2.15. The Labute approximate surface area is 172 Å². The Morgan fingerprint density at radius 3 is 2.40 bits per heavy atom. The summed E-state index contributed by atoms with van der Waals surface area (Å²) >= 11 is 0. The first-order valence-corrected chi connectivity index (χ1v) is 9.42. The maximum absolute atomic E-state index is 13.1. The summed E-state index contributed by atoms with van der Waals surface area (Å²) < 4.78 is 26.1. The molecule has 2 unspecified atom stereocenters. The molecular formula is C20H23FN6O3. The van der Waals surface area contributed by atoms with Gasteiger partial charge in [-0.1, -0.05) is 0 Å². The van der Waals surface area contributed by atoms with Crippen LogP contribution in [0.15, 0.2) is 18.3 Å². The molecule has 3 aromatic rings. The van der Waals surface area contributed by atoms with E-state index < -0.39 is 12.1 Å². The zero-order chi connectivity index (χ0) is 21.6. The Morgan fingerprint density at radius 1 is 1.23 bits per heavy atom. The van der Waals surface area contributed by atoms with Crippen LogP contribution in [0.2, 0.25) is 0 Å². The molecule has 3 aromatic heterocycles. The van der Waals surface area contributed by atoms with Crippen molar-refractivity contribution in [2.24, 2.45) is 13.0 Å². The van der Waals surface area contributed by atoms with E-state index in [4.69, 9.17) is 9.47 Å². The van der Waals surface area contributed by atoms with Gasteiger partial charge in [-0.2, -0.15) is 9.97 Å². The number of hydrogen-bond donors (Lipinski definition) is 1. The van der Waals surface area contributed by atoms with E-state index in [-0.39, 0.29) is 12.3 Å². The van der Waals surface area contributed by atoms with Crippen molar-refractivity contribution in [1.29, 1.82) is 0 Å². The van der Waals surface area contributed by atoms with Crippen molar-refractivity contribution in [3.8, 4) is 23.0 Å². The number of nitrogens with one attached hydrogen (secondary N) is 1. The van der Waals surface area contributed by atoms with Gasteiger partial charge in [0.25, 0.3) is 0 Å². The Kier molecular flexibility index (Phi) is 4.92. The highest BCUT2D eigenvalue weighted by Gasteiger charge is 2.43. The highest BCUT2D eigenvalue weighted by molar-refractivity contribution is 5.96. The number of fused-ring (bicyclic) bond motifs is 1. The summed E-state index contributed by atoms with van der Waals surface area (Å²) in [5.74, 6) is 0.670. The van der Waals surface area contributed by atoms with Crippen LogP contribution >= 0.6 is 0 Å². The summed E-state index contributed by atoms with van der Waals surface area (Å²) in [6.45, 7) is 0. The van der Waals surface area contributed by atoms with Crippen LogP contribution < -0.4 is 19.7 Å². The van der Waals surface area contributed by atoms with E-state index in [1.165, 1.54) is 0 Å². The van der Waals surface area contributed by atoms with E-state index in [2.05, 4.69) is 20.3 Å². The molecule has 1 amide bonds. The Morgan fingerprint density at radius 2 is 1.87 bits per heavy atom. The Balaban J connectivity index is 1.78. The maximum atomic E-state index is 13.1. The molecule has 1 fully saturated rings. The third kappa shape index (κ3) is 3.38. The number of anilines is 2. The number of pyridine rings is 1. The number of amides is 1. The largest absolute Gasteiger partial charge is 0.480 e. The second kappa shape index (κ2) is 7.43. The average molecular weight is 414 g/mol. The maximum Gasteiger partial charge on any atom is 0.231 e. The molecule has 0 aliphatic heterocycles. The number of rotatable bonds is 6. The first kappa shape index (κ1) is 19.9. The number of halogens is 1. The molecule has 3 heterocycles. The molecule has 1 saturated carbocycles. The number of hydrogen-bond acceptors (Lipinski definition) is 7. The number of aromatic nitrogens is 4. The van der Waals surface area contributed by atoms with Gasteiger partial charge in [0.05, 0.1) is 37.5 Å². The quantitative estimate of drug-likeness (QED) is 0.662. The highest BCUT2D eigenvalue weighted by Crippen LogP contribution is 2.40. The van der Waals surface area contributed by atoms with Crippen molar-refractivity contribution in [2.75, 3.05) is 38.5 Å². The van der Waals surface area contributed by atoms with Crippen molar-refractivity contribution in [3.63, 3.8) is 0 Å². The fourth-order valence-electron chi connectivity index (χ4n) is 3.32. The van der Waals surface area contributed by atoms with Crippen LogP contribution in [0.3, 0.4) is 0 Å². The van der Waals surface area contributed by atoms with Gasteiger partial charge in [0.2, 0.25) is 23.6 Å². The summed E-state index contributed by atoms with van der Waals surface area (Å²) in [5, 5.41) is 3.52. The van der Waals surface area contributed by atoms with Crippen LogP contribution in [0.4, 0.5) is 16.2 Å². The minimum absolute atomic E-state index is 0.270. The topological polar surface area (TPSA) is 94.4 Å². The van der Waals surface area contributed by atoms with E-state index >= 15 is 0 Å². The van der Waals surface area contributed by atoms with Crippen LogP contribution in [0.1, 0.15) is 6.42 Å². The van der Waals surface area contributed by atoms with E-state index in [0.717, 1.165) is 16.6 Å². The van der Waals surface area contributed by atoms with Gasteiger partial charge in [-0.3, -0.25) is 4.79 Å². The minimum atomic E-state index is -1.05. The molecule has 0 aromatic carbocycles. The zero-order valence-electron chi connectivity index (χ0n) is 17.4. The molecule has 1 aliphatic carbocycles. The molecule has 10 heteroatoms. The predicted molar refractivity (Wildman–Crippen MR) is 111 cm³/mol. The fourth-order valence-corrected chi connectivity index (χ4v) is 3.32. The van der Waals surface area contributed by atoms with Gasteiger partial charge in [0, 0.05) is 26.5 Å². The fraction of sp³-hybridized carbons (Fsp3) is 0.400. The van der Waals surface area contributed by atoms with Crippen LogP contribution in [0.25, 0.3) is 22.2 Å². The van der Waals surface area contributed by atoms with Crippen molar-refractivity contribution in [2.45, 2.75) is 12.6 Å². The number of carbonyl (C=O) groups excluding carboxylic acids is 1. The molecule has 30 heavy (non-hydrogen) atoms. The lowest BCUT2D eigenvalue weighted by molar-refractivity contribution is -0.117. The van der Waals surface area contributed by atoms with Gasteiger partial charge in [-0.15, -0.1) is 0 Å². The SMILES string of the molecule is COc1nc(N(C)C)nc(OC)c1-c1cc2cc(NC(=O)C3CC3F)ncc2n1C. The van der Waals surface area contributed by atoms with Crippen LogP contribution in [-0.4, -0.2) is 59.9 Å². The summed E-state index contributed by atoms with van der Waals surface area (Å²) in [6, 6.07) is 3.67. The third-order valence-corrected chi connectivity index (χ3v) is 5.10. The average Bonchev–Trinajstić information content (AvgIpc) is 3.38. The molecule has 1 N–H and O–H groups in total. The normalized spacial score (nSPS) is 17.7. The number of nitrogens with zero attached hydrogens (tertiary/aromatic N) is 5. The monoisotopic (exact) mass is 414 g/mol. The van der Waals surface area contributed by atoms with Gasteiger partial charge in [0.15, 0.2) is 0 Å². The molecule has 0 radical (unpaired) electrons. The Hall–Kier alpha value is -3.43. The van der Waals surface area contributed by atoms with Crippen molar-refractivity contribution >= 4 is 28.6 Å². The molecule has 4 rings (SSSR count). The van der Waals surface area contributed by atoms with E-state index in [1.54, 1.807) is 31.4 Å². The van der Waals surface area contributed by atoms with E-state index in [0.29, 0.717) is 29.1 Å². The standard InChI is InChI=1S/C20H23FN6O3/c1-26(2)20-24-18(29-4)16(19(25-20)30-5)13-6-10-7-15(22-9-14(10)27(13)3)23-17(28)11-8-12(11)21/h6-7,9,11-12H,8H2,1-5H3,(H,22,23,28).